The van der Waals surface area contributed by atoms with Gasteiger partial charge in [-0.3, -0.25) is 4.79 Å². The molecule has 2 rings (SSSR count). The molecule has 1 saturated carbocycles. The molecule has 5 heteroatoms. The van der Waals surface area contributed by atoms with E-state index in [0.717, 1.165) is 38.6 Å². The van der Waals surface area contributed by atoms with Gasteiger partial charge in [0.2, 0.25) is 0 Å². The monoisotopic (exact) mass is 279 g/mol. The fraction of sp³-hybridized carbons (Fsp3) is 0.667. The number of nitrogen functional groups attached to an aromatic ring is 1. The Kier molecular flexibility index (Phi) is 5.06. The Balaban J connectivity index is 2.21. The number of carbonyl (C=O) groups is 1. The Hall–Kier alpha value is -1.49. The van der Waals surface area contributed by atoms with Gasteiger partial charge in [-0.1, -0.05) is 19.8 Å². The second-order valence-electron chi connectivity index (χ2n) is 5.51. The van der Waals surface area contributed by atoms with Gasteiger partial charge >= 0.3 is 0 Å². The summed E-state index contributed by atoms with van der Waals surface area (Å²) < 4.78 is 1.93. The van der Waals surface area contributed by atoms with E-state index in [9.17, 15) is 9.90 Å². The van der Waals surface area contributed by atoms with E-state index in [4.69, 9.17) is 5.73 Å². The van der Waals surface area contributed by atoms with E-state index in [0.29, 0.717) is 17.9 Å². The highest BCUT2D eigenvalue weighted by atomic mass is 16.3. The Morgan fingerprint density at radius 2 is 2.20 bits per heavy atom. The lowest BCUT2D eigenvalue weighted by Crippen LogP contribution is -2.41. The van der Waals surface area contributed by atoms with Crippen molar-refractivity contribution in [1.82, 2.24) is 9.47 Å². The third-order valence-electron chi connectivity index (χ3n) is 3.97. The van der Waals surface area contributed by atoms with Gasteiger partial charge in [0.25, 0.3) is 5.91 Å². The summed E-state index contributed by atoms with van der Waals surface area (Å²) in [6.07, 6.45) is 7.18. The molecule has 1 aliphatic rings. The van der Waals surface area contributed by atoms with Crippen LogP contribution in [0.5, 0.6) is 0 Å². The van der Waals surface area contributed by atoms with E-state index >= 15 is 0 Å². The minimum atomic E-state index is -0.00361. The maximum absolute atomic E-state index is 12.8. The van der Waals surface area contributed by atoms with Crippen LogP contribution in [0.3, 0.4) is 0 Å². The maximum atomic E-state index is 12.8. The summed E-state index contributed by atoms with van der Waals surface area (Å²) in [5, 5.41) is 9.25. The highest BCUT2D eigenvalue weighted by molar-refractivity contribution is 5.94. The molecule has 1 fully saturated rings. The van der Waals surface area contributed by atoms with Crippen molar-refractivity contribution < 1.29 is 9.90 Å². The largest absolute Gasteiger partial charge is 0.397 e. The minimum absolute atomic E-state index is 0.00361. The number of anilines is 1. The van der Waals surface area contributed by atoms with Gasteiger partial charge < -0.3 is 20.3 Å². The van der Waals surface area contributed by atoms with Crippen LogP contribution in [0.25, 0.3) is 0 Å². The summed E-state index contributed by atoms with van der Waals surface area (Å²) in [6, 6.07) is 2.01. The van der Waals surface area contributed by atoms with Crippen molar-refractivity contribution in [1.29, 1.82) is 0 Å². The number of hydrogen-bond acceptors (Lipinski definition) is 3. The molecule has 1 aromatic rings. The first-order chi connectivity index (χ1) is 9.67. The average molecular weight is 279 g/mol. The van der Waals surface area contributed by atoms with Gasteiger partial charge in [0.05, 0.1) is 12.3 Å². The van der Waals surface area contributed by atoms with Gasteiger partial charge in [-0.2, -0.15) is 0 Å². The highest BCUT2D eigenvalue weighted by Crippen LogP contribution is 2.25. The number of nitrogens with two attached hydrogens (primary N) is 1. The Labute approximate surface area is 120 Å². The second kappa shape index (κ2) is 6.79. The van der Waals surface area contributed by atoms with Gasteiger partial charge in [-0.15, -0.1) is 0 Å². The van der Waals surface area contributed by atoms with Gasteiger partial charge in [0.15, 0.2) is 0 Å². The molecule has 1 heterocycles. The third-order valence-corrected chi connectivity index (χ3v) is 3.97. The van der Waals surface area contributed by atoms with Crippen molar-refractivity contribution >= 4 is 11.6 Å². The summed E-state index contributed by atoms with van der Waals surface area (Å²) >= 11 is 0. The van der Waals surface area contributed by atoms with Crippen molar-refractivity contribution in [3.63, 3.8) is 0 Å². The maximum Gasteiger partial charge on any atom is 0.270 e. The Bertz CT molecular complexity index is 450. The molecule has 0 atom stereocenters. The molecule has 0 spiro atoms. The van der Waals surface area contributed by atoms with Crippen LogP contribution < -0.4 is 5.73 Å². The fourth-order valence-electron chi connectivity index (χ4n) is 3.06. The lowest BCUT2D eigenvalue weighted by molar-refractivity contribution is 0.0627. The Morgan fingerprint density at radius 1 is 1.50 bits per heavy atom. The SMILES string of the molecule is CCCn1cc(N)cc1C(=O)N(CCO)C1CCCC1. The van der Waals surface area contributed by atoms with Crippen LogP contribution in [0.15, 0.2) is 12.3 Å². The van der Waals surface area contributed by atoms with E-state index in [1.165, 1.54) is 0 Å². The number of nitrogens with zero attached hydrogens (tertiary/aromatic N) is 2. The molecule has 0 unspecified atom stereocenters. The molecule has 20 heavy (non-hydrogen) atoms. The van der Waals surface area contributed by atoms with Gasteiger partial charge in [-0.25, -0.2) is 0 Å². The number of carbonyl (C=O) groups excluding carboxylic acids is 1. The van der Waals surface area contributed by atoms with Crippen LogP contribution in [0.4, 0.5) is 5.69 Å². The quantitative estimate of drug-likeness (QED) is 0.835. The van der Waals surface area contributed by atoms with Crippen LogP contribution in [0.2, 0.25) is 0 Å². The van der Waals surface area contributed by atoms with E-state index in [2.05, 4.69) is 6.92 Å². The number of aromatic nitrogens is 1. The molecular formula is C15H25N3O2. The number of aliphatic hydroxyl groups excluding tert-OH is 1. The van der Waals surface area contributed by atoms with Crippen LogP contribution in [0.1, 0.15) is 49.5 Å². The lowest BCUT2D eigenvalue weighted by atomic mass is 10.2. The molecule has 5 nitrogen and oxygen atoms in total. The van der Waals surface area contributed by atoms with Crippen LogP contribution in [-0.4, -0.2) is 39.7 Å². The topological polar surface area (TPSA) is 71.5 Å². The molecule has 1 aromatic heterocycles. The predicted molar refractivity (Wildman–Crippen MR) is 79.5 cm³/mol. The molecular weight excluding hydrogens is 254 g/mol. The van der Waals surface area contributed by atoms with Gasteiger partial charge in [0.1, 0.15) is 5.69 Å². The van der Waals surface area contributed by atoms with Crippen LogP contribution in [0, 0.1) is 0 Å². The normalized spacial score (nSPS) is 15.7. The molecule has 112 valence electrons. The molecule has 1 aliphatic carbocycles. The minimum Gasteiger partial charge on any atom is -0.397 e. The van der Waals surface area contributed by atoms with Crippen molar-refractivity contribution in [3.8, 4) is 0 Å². The number of rotatable bonds is 6. The number of hydrogen-bond donors (Lipinski definition) is 2. The molecule has 1 amide bonds. The van der Waals surface area contributed by atoms with E-state index in [1.54, 1.807) is 6.07 Å². The average Bonchev–Trinajstić information content (AvgIpc) is 3.05. The summed E-state index contributed by atoms with van der Waals surface area (Å²) in [7, 11) is 0. The van der Waals surface area contributed by atoms with E-state index < -0.39 is 0 Å². The van der Waals surface area contributed by atoms with Crippen LogP contribution >= 0.6 is 0 Å². The summed E-state index contributed by atoms with van der Waals surface area (Å²) in [4.78, 5) is 14.6. The zero-order valence-corrected chi connectivity index (χ0v) is 12.2. The number of aryl methyl sites for hydroxylation is 1. The molecule has 0 bridgehead atoms. The zero-order chi connectivity index (χ0) is 14.5. The third kappa shape index (κ3) is 3.15. The molecule has 0 radical (unpaired) electrons. The first-order valence-corrected chi connectivity index (χ1v) is 7.54. The van der Waals surface area contributed by atoms with Crippen molar-refractivity contribution in [2.45, 2.75) is 51.6 Å². The van der Waals surface area contributed by atoms with Crippen molar-refractivity contribution in [2.24, 2.45) is 0 Å². The van der Waals surface area contributed by atoms with Crippen LogP contribution in [-0.2, 0) is 6.54 Å². The molecule has 0 aliphatic heterocycles. The Morgan fingerprint density at radius 3 is 2.80 bits per heavy atom. The van der Waals surface area contributed by atoms with Gasteiger partial charge in [0, 0.05) is 25.3 Å². The lowest BCUT2D eigenvalue weighted by Gasteiger charge is -2.28. The number of aliphatic hydroxyl groups is 1. The van der Waals surface area contributed by atoms with E-state index in [-0.39, 0.29) is 18.6 Å². The summed E-state index contributed by atoms with van der Waals surface area (Å²) in [6.45, 7) is 3.27. The van der Waals surface area contributed by atoms with Crippen molar-refractivity contribution in [2.75, 3.05) is 18.9 Å². The molecule has 3 N–H and O–H groups in total. The smallest absolute Gasteiger partial charge is 0.270 e. The zero-order valence-electron chi connectivity index (χ0n) is 12.2. The van der Waals surface area contributed by atoms with E-state index in [1.807, 2.05) is 15.7 Å². The standard InChI is InChI=1S/C15H25N3O2/c1-2-7-17-11-12(16)10-14(17)15(20)18(8-9-19)13-5-3-4-6-13/h10-11,13,19H,2-9,16H2,1H3. The second-order valence-corrected chi connectivity index (χ2v) is 5.51. The molecule has 0 saturated heterocycles. The molecule has 0 aromatic carbocycles. The first kappa shape index (κ1) is 14.9. The van der Waals surface area contributed by atoms with Gasteiger partial charge in [-0.05, 0) is 25.3 Å². The summed E-state index contributed by atoms with van der Waals surface area (Å²) in [5.74, 6) is -0.00361. The predicted octanol–water partition coefficient (Wildman–Crippen LogP) is 1.86. The summed E-state index contributed by atoms with van der Waals surface area (Å²) in [5.41, 5.74) is 7.10. The van der Waals surface area contributed by atoms with Crippen molar-refractivity contribution in [3.05, 3.63) is 18.0 Å². The first-order valence-electron chi connectivity index (χ1n) is 7.54. The highest BCUT2D eigenvalue weighted by Gasteiger charge is 2.28. The fourth-order valence-corrected chi connectivity index (χ4v) is 3.06. The number of amides is 1.